The van der Waals surface area contributed by atoms with Gasteiger partial charge in [0.25, 0.3) is 11.8 Å². The Morgan fingerprint density at radius 2 is 1.91 bits per heavy atom. The Hall–Kier alpha value is -2.95. The second-order valence-corrected chi connectivity index (χ2v) is 9.13. The van der Waals surface area contributed by atoms with Crippen molar-refractivity contribution in [2.75, 3.05) is 39.8 Å². The van der Waals surface area contributed by atoms with Gasteiger partial charge >= 0.3 is 6.03 Å². The lowest BCUT2D eigenvalue weighted by Crippen LogP contribution is -2.53. The van der Waals surface area contributed by atoms with E-state index in [9.17, 15) is 14.4 Å². The lowest BCUT2D eigenvalue weighted by atomic mass is 9.92. The average molecular weight is 458 g/mol. The third kappa shape index (κ3) is 4.62. The number of hydrogen-bond acceptors (Lipinski definition) is 7. The van der Waals surface area contributed by atoms with E-state index in [4.69, 9.17) is 4.74 Å². The van der Waals surface area contributed by atoms with Crippen LogP contribution in [0.2, 0.25) is 0 Å². The Labute approximate surface area is 190 Å². The van der Waals surface area contributed by atoms with Crippen molar-refractivity contribution < 1.29 is 19.1 Å². The van der Waals surface area contributed by atoms with Crippen molar-refractivity contribution in [1.29, 1.82) is 0 Å². The van der Waals surface area contributed by atoms with Gasteiger partial charge < -0.3 is 10.1 Å². The summed E-state index contributed by atoms with van der Waals surface area (Å²) >= 11 is 1.74. The number of carbonyl (C=O) groups is 3. The predicted octanol–water partition coefficient (Wildman–Crippen LogP) is 1.37. The monoisotopic (exact) mass is 457 g/mol. The molecule has 2 aliphatic rings. The maximum atomic E-state index is 13.0. The molecule has 32 heavy (non-hydrogen) atoms. The number of methoxy groups -OCH3 is 1. The molecule has 0 radical (unpaired) electrons. The zero-order valence-corrected chi connectivity index (χ0v) is 19.0. The summed E-state index contributed by atoms with van der Waals surface area (Å²) in [6, 6.07) is 10.5. The highest BCUT2D eigenvalue weighted by Crippen LogP contribution is 2.30. The van der Waals surface area contributed by atoms with Crippen LogP contribution in [-0.4, -0.2) is 72.5 Å². The van der Waals surface area contributed by atoms with Gasteiger partial charge in [-0.15, -0.1) is 11.3 Å². The Bertz CT molecular complexity index is 990. The molecule has 4 rings (SSSR count). The van der Waals surface area contributed by atoms with Gasteiger partial charge in [0.05, 0.1) is 13.7 Å². The van der Waals surface area contributed by atoms with Gasteiger partial charge in [0.2, 0.25) is 0 Å². The largest absolute Gasteiger partial charge is 0.497 e. The number of hydrazine groups is 1. The van der Waals surface area contributed by atoms with Crippen LogP contribution in [0.25, 0.3) is 0 Å². The molecule has 2 fully saturated rings. The molecule has 170 valence electrons. The molecule has 1 aromatic carbocycles. The molecule has 2 aromatic rings. The summed E-state index contributed by atoms with van der Waals surface area (Å²) in [6.45, 7) is 5.88. The van der Waals surface area contributed by atoms with Crippen LogP contribution in [0.5, 0.6) is 5.75 Å². The molecule has 4 amide bonds. The number of rotatable bonds is 7. The van der Waals surface area contributed by atoms with E-state index >= 15 is 0 Å². The van der Waals surface area contributed by atoms with E-state index in [1.54, 1.807) is 42.5 Å². The second-order valence-electron chi connectivity index (χ2n) is 8.09. The van der Waals surface area contributed by atoms with Crippen LogP contribution in [0.3, 0.4) is 0 Å². The zero-order valence-electron chi connectivity index (χ0n) is 18.2. The number of imide groups is 1. The van der Waals surface area contributed by atoms with Gasteiger partial charge in [0.1, 0.15) is 11.3 Å². The summed E-state index contributed by atoms with van der Waals surface area (Å²) in [7, 11) is 1.53. The first-order valence-electron chi connectivity index (χ1n) is 10.5. The number of piperazine rings is 1. The zero-order chi connectivity index (χ0) is 22.7. The van der Waals surface area contributed by atoms with Crippen LogP contribution in [0.4, 0.5) is 4.79 Å². The first-order chi connectivity index (χ1) is 15.4. The minimum absolute atomic E-state index is 0.125. The van der Waals surface area contributed by atoms with Crippen LogP contribution in [0, 0.1) is 0 Å². The van der Waals surface area contributed by atoms with Crippen LogP contribution < -0.4 is 15.5 Å². The molecular formula is C22H27N5O4S. The number of urea groups is 1. The number of thiophene rings is 1. The normalized spacial score (nSPS) is 22.1. The van der Waals surface area contributed by atoms with E-state index in [2.05, 4.69) is 33.2 Å². The lowest BCUT2D eigenvalue weighted by molar-refractivity contribution is -0.139. The second kappa shape index (κ2) is 9.27. The molecule has 3 heterocycles. The highest BCUT2D eigenvalue weighted by atomic mass is 32.1. The summed E-state index contributed by atoms with van der Waals surface area (Å²) < 4.78 is 5.22. The topological polar surface area (TPSA) is 94.2 Å². The number of nitrogens with one attached hydrogen (secondary N) is 2. The fraction of sp³-hybridized carbons (Fsp3) is 0.409. The number of nitrogens with zero attached hydrogens (tertiary/aromatic N) is 3. The van der Waals surface area contributed by atoms with E-state index in [-0.39, 0.29) is 6.54 Å². The minimum Gasteiger partial charge on any atom is -0.497 e. The van der Waals surface area contributed by atoms with E-state index in [1.165, 1.54) is 12.0 Å². The third-order valence-corrected chi connectivity index (χ3v) is 6.73. The van der Waals surface area contributed by atoms with Gasteiger partial charge in [-0.1, -0.05) is 18.2 Å². The van der Waals surface area contributed by atoms with E-state index in [0.29, 0.717) is 11.3 Å². The maximum Gasteiger partial charge on any atom is 0.344 e. The summed E-state index contributed by atoms with van der Waals surface area (Å²) in [6.07, 6.45) is 0. The summed E-state index contributed by atoms with van der Waals surface area (Å²) in [5.41, 5.74) is 1.77. The van der Waals surface area contributed by atoms with Crippen molar-refractivity contribution >= 4 is 29.2 Å². The standard InChI is InChI=1S/C22H27N5O4S/c1-22(16-5-3-6-17(13-16)31-2)20(29)27(21(30)23-22)24-19(28)15-26-10-8-25(9-11-26)14-18-7-4-12-32-18/h3-7,12-13H,8-11,14-15H2,1-2H3,(H,23,30)(H,24,28). The molecule has 0 spiro atoms. The van der Waals surface area contributed by atoms with Gasteiger partial charge in [-0.3, -0.25) is 24.8 Å². The predicted molar refractivity (Wildman–Crippen MR) is 120 cm³/mol. The van der Waals surface area contributed by atoms with Crippen LogP contribution >= 0.6 is 11.3 Å². The molecule has 0 aliphatic carbocycles. The molecule has 0 saturated carbocycles. The van der Waals surface area contributed by atoms with Crippen molar-refractivity contribution in [2.24, 2.45) is 0 Å². The summed E-state index contributed by atoms with van der Waals surface area (Å²) in [5.74, 6) is -0.355. The average Bonchev–Trinajstić information content (AvgIpc) is 3.38. The molecule has 2 N–H and O–H groups in total. The van der Waals surface area contributed by atoms with Gasteiger partial charge in [0, 0.05) is 37.6 Å². The molecule has 1 aromatic heterocycles. The van der Waals surface area contributed by atoms with Crippen LogP contribution in [-0.2, 0) is 21.7 Å². The number of hydrogen-bond donors (Lipinski definition) is 2. The molecule has 9 nitrogen and oxygen atoms in total. The molecule has 2 aliphatic heterocycles. The number of ether oxygens (including phenoxy) is 1. The van der Waals surface area contributed by atoms with E-state index in [1.807, 2.05) is 4.90 Å². The van der Waals surface area contributed by atoms with Gasteiger partial charge in [-0.05, 0) is 36.1 Å². The van der Waals surface area contributed by atoms with Crippen molar-refractivity contribution in [3.63, 3.8) is 0 Å². The van der Waals surface area contributed by atoms with Crippen molar-refractivity contribution in [2.45, 2.75) is 19.0 Å². The summed E-state index contributed by atoms with van der Waals surface area (Å²) in [4.78, 5) is 43.8. The van der Waals surface area contributed by atoms with Gasteiger partial charge in [0.15, 0.2) is 0 Å². The van der Waals surface area contributed by atoms with Crippen LogP contribution in [0.1, 0.15) is 17.4 Å². The number of benzene rings is 1. The fourth-order valence-corrected chi connectivity index (χ4v) is 4.71. The molecule has 2 saturated heterocycles. The van der Waals surface area contributed by atoms with Crippen molar-refractivity contribution in [3.8, 4) is 5.75 Å². The summed E-state index contributed by atoms with van der Waals surface area (Å²) in [5, 5.41) is 5.53. The Morgan fingerprint density at radius 3 is 2.59 bits per heavy atom. The maximum absolute atomic E-state index is 13.0. The first kappa shape index (κ1) is 22.3. The number of carbonyl (C=O) groups excluding carboxylic acids is 3. The van der Waals surface area contributed by atoms with Gasteiger partial charge in [-0.2, -0.15) is 5.01 Å². The molecule has 10 heteroatoms. The Morgan fingerprint density at radius 1 is 1.16 bits per heavy atom. The van der Waals surface area contributed by atoms with Crippen LogP contribution in [0.15, 0.2) is 41.8 Å². The Kier molecular flexibility index (Phi) is 6.45. The van der Waals surface area contributed by atoms with Gasteiger partial charge in [-0.25, -0.2) is 4.79 Å². The van der Waals surface area contributed by atoms with E-state index < -0.39 is 23.4 Å². The van der Waals surface area contributed by atoms with Crippen molar-refractivity contribution in [1.82, 2.24) is 25.6 Å². The first-order valence-corrected chi connectivity index (χ1v) is 11.3. The number of amides is 4. The quantitative estimate of drug-likeness (QED) is 0.610. The lowest BCUT2D eigenvalue weighted by Gasteiger charge is -2.34. The molecule has 1 unspecified atom stereocenters. The Balaban J connectivity index is 1.31. The fourth-order valence-electron chi connectivity index (χ4n) is 3.96. The molecule has 0 bridgehead atoms. The highest BCUT2D eigenvalue weighted by molar-refractivity contribution is 7.09. The minimum atomic E-state index is -1.29. The smallest absolute Gasteiger partial charge is 0.344 e. The molecule has 1 atom stereocenters. The third-order valence-electron chi connectivity index (χ3n) is 5.87. The molecular weight excluding hydrogens is 430 g/mol. The highest BCUT2D eigenvalue weighted by Gasteiger charge is 2.50. The SMILES string of the molecule is COc1cccc(C2(C)NC(=O)N(NC(=O)CN3CCN(Cc4cccs4)CC3)C2=O)c1. The van der Waals surface area contributed by atoms with E-state index in [0.717, 1.165) is 37.7 Å². The van der Waals surface area contributed by atoms with Crippen molar-refractivity contribution in [3.05, 3.63) is 52.2 Å².